The molecule has 2 nitrogen and oxygen atoms in total. The lowest BCUT2D eigenvalue weighted by molar-refractivity contribution is 0.156. The molecule has 3 heteroatoms. The van der Waals surface area contributed by atoms with Crippen molar-refractivity contribution in [2.24, 2.45) is 0 Å². The Labute approximate surface area is 115 Å². The fourth-order valence-electron chi connectivity index (χ4n) is 2.85. The van der Waals surface area contributed by atoms with Gasteiger partial charge in [-0.05, 0) is 60.3 Å². The number of aliphatic hydroxyl groups excluding tert-OH is 1. The van der Waals surface area contributed by atoms with Crippen LogP contribution in [0.4, 0.5) is 0 Å². The fraction of sp³-hybridized carbons (Fsp3) is 0.333. The molecule has 1 unspecified atom stereocenters. The van der Waals surface area contributed by atoms with Gasteiger partial charge in [-0.25, -0.2) is 0 Å². The van der Waals surface area contributed by atoms with Gasteiger partial charge in [0.2, 0.25) is 0 Å². The number of rotatable bonds is 1. The molecule has 0 fully saturated rings. The zero-order chi connectivity index (χ0) is 12.7. The van der Waals surface area contributed by atoms with Crippen molar-refractivity contribution < 1.29 is 5.11 Å². The molecule has 0 amide bonds. The molecule has 0 saturated heterocycles. The Kier molecular flexibility index (Phi) is 3.04. The van der Waals surface area contributed by atoms with Crippen LogP contribution in [-0.2, 0) is 6.42 Å². The number of hydrogen-bond donors (Lipinski definition) is 1. The molecule has 1 atom stereocenters. The summed E-state index contributed by atoms with van der Waals surface area (Å²) in [5.41, 5.74) is 4.71. The van der Waals surface area contributed by atoms with E-state index in [1.807, 2.05) is 12.1 Å². The summed E-state index contributed by atoms with van der Waals surface area (Å²) in [6.45, 7) is 2.10. The first-order chi connectivity index (χ1) is 8.68. The molecule has 0 radical (unpaired) electrons. The van der Waals surface area contributed by atoms with E-state index < -0.39 is 0 Å². The van der Waals surface area contributed by atoms with Crippen molar-refractivity contribution in [2.45, 2.75) is 32.3 Å². The third-order valence-corrected chi connectivity index (χ3v) is 4.33. The van der Waals surface area contributed by atoms with E-state index >= 15 is 0 Å². The summed E-state index contributed by atoms with van der Waals surface area (Å²) in [7, 11) is 0. The summed E-state index contributed by atoms with van der Waals surface area (Å²) in [5.74, 6) is 0. The highest BCUT2D eigenvalue weighted by Gasteiger charge is 2.24. The average molecular weight is 306 g/mol. The van der Waals surface area contributed by atoms with Crippen molar-refractivity contribution in [1.82, 2.24) is 4.57 Å². The first-order valence-electron chi connectivity index (χ1n) is 6.32. The highest BCUT2D eigenvalue weighted by molar-refractivity contribution is 9.10. The topological polar surface area (TPSA) is 25.2 Å². The highest BCUT2D eigenvalue weighted by atomic mass is 79.9. The molecule has 0 bridgehead atoms. The monoisotopic (exact) mass is 305 g/mol. The van der Waals surface area contributed by atoms with Crippen LogP contribution in [0, 0.1) is 6.92 Å². The number of fused-ring (bicyclic) bond motifs is 1. The van der Waals surface area contributed by atoms with E-state index in [4.69, 9.17) is 0 Å². The van der Waals surface area contributed by atoms with Gasteiger partial charge >= 0.3 is 0 Å². The molecule has 1 aliphatic rings. The van der Waals surface area contributed by atoms with Gasteiger partial charge in [-0.15, -0.1) is 0 Å². The molecule has 18 heavy (non-hydrogen) atoms. The van der Waals surface area contributed by atoms with Gasteiger partial charge in [-0.1, -0.05) is 12.1 Å². The second-order valence-electron chi connectivity index (χ2n) is 4.88. The van der Waals surface area contributed by atoms with Crippen molar-refractivity contribution in [2.75, 3.05) is 0 Å². The van der Waals surface area contributed by atoms with Crippen LogP contribution < -0.4 is 0 Å². The zero-order valence-electron chi connectivity index (χ0n) is 10.4. The van der Waals surface area contributed by atoms with Crippen LogP contribution in [0.3, 0.4) is 0 Å². The lowest BCUT2D eigenvalue weighted by atomic mass is 9.95. The fourth-order valence-corrected chi connectivity index (χ4v) is 3.31. The number of aliphatic hydroxyl groups is 1. The minimum absolute atomic E-state index is 0.295. The maximum Gasteiger partial charge on any atom is 0.0807 e. The Bertz CT molecular complexity index is 588. The molecule has 1 N–H and O–H groups in total. The lowest BCUT2D eigenvalue weighted by Crippen LogP contribution is -2.11. The number of aromatic nitrogens is 1. The second kappa shape index (κ2) is 4.56. The summed E-state index contributed by atoms with van der Waals surface area (Å²) in [6, 6.07) is 10.4. The Morgan fingerprint density at radius 1 is 1.33 bits per heavy atom. The molecule has 1 heterocycles. The van der Waals surface area contributed by atoms with Crippen LogP contribution in [0.5, 0.6) is 0 Å². The smallest absolute Gasteiger partial charge is 0.0807 e. The van der Waals surface area contributed by atoms with E-state index in [2.05, 4.69) is 45.6 Å². The molecule has 0 saturated carbocycles. The highest BCUT2D eigenvalue weighted by Crippen LogP contribution is 2.35. The molecule has 1 aliphatic carbocycles. The Balaban J connectivity index is 2.22. The minimum atomic E-state index is -0.295. The zero-order valence-corrected chi connectivity index (χ0v) is 11.9. The summed E-state index contributed by atoms with van der Waals surface area (Å²) >= 11 is 3.61. The molecule has 0 spiro atoms. The van der Waals surface area contributed by atoms with E-state index in [0.29, 0.717) is 0 Å². The van der Waals surface area contributed by atoms with Crippen molar-refractivity contribution in [3.63, 3.8) is 0 Å². The van der Waals surface area contributed by atoms with Gasteiger partial charge in [0, 0.05) is 21.4 Å². The summed E-state index contributed by atoms with van der Waals surface area (Å²) in [5, 5.41) is 10.1. The van der Waals surface area contributed by atoms with Crippen molar-refractivity contribution in [3.8, 4) is 5.69 Å². The summed E-state index contributed by atoms with van der Waals surface area (Å²) < 4.78 is 3.36. The molecular formula is C15H16BrNO. The van der Waals surface area contributed by atoms with Crippen LogP contribution in [-0.4, -0.2) is 9.67 Å². The second-order valence-corrected chi connectivity index (χ2v) is 5.74. The number of nitrogens with zero attached hydrogens (tertiary/aromatic N) is 1. The molecule has 0 aliphatic heterocycles. The van der Waals surface area contributed by atoms with E-state index in [-0.39, 0.29) is 6.10 Å². The van der Waals surface area contributed by atoms with Gasteiger partial charge in [-0.2, -0.15) is 0 Å². The SMILES string of the molecule is Cc1cc2c(n1-c1ccccc1Br)CCCC2O. The largest absolute Gasteiger partial charge is 0.388 e. The van der Waals surface area contributed by atoms with Crippen LogP contribution >= 0.6 is 15.9 Å². The molecule has 3 rings (SSSR count). The van der Waals surface area contributed by atoms with Gasteiger partial charge in [0.05, 0.1) is 11.8 Å². The quantitative estimate of drug-likeness (QED) is 0.849. The molecule has 1 aromatic heterocycles. The molecule has 1 aromatic carbocycles. The van der Waals surface area contributed by atoms with E-state index in [1.165, 1.54) is 11.4 Å². The summed E-state index contributed by atoms with van der Waals surface area (Å²) in [4.78, 5) is 0. The number of halogens is 1. The van der Waals surface area contributed by atoms with Crippen LogP contribution in [0.25, 0.3) is 5.69 Å². The average Bonchev–Trinajstić information content (AvgIpc) is 2.68. The summed E-state index contributed by atoms with van der Waals surface area (Å²) in [6.07, 6.45) is 2.69. The van der Waals surface area contributed by atoms with Crippen LogP contribution in [0.15, 0.2) is 34.8 Å². The lowest BCUT2D eigenvalue weighted by Gasteiger charge is -2.21. The van der Waals surface area contributed by atoms with Gasteiger partial charge in [0.15, 0.2) is 0 Å². The third-order valence-electron chi connectivity index (χ3n) is 3.66. The van der Waals surface area contributed by atoms with Crippen molar-refractivity contribution in [1.29, 1.82) is 0 Å². The maximum atomic E-state index is 10.1. The Morgan fingerprint density at radius 3 is 2.89 bits per heavy atom. The number of para-hydroxylation sites is 1. The Morgan fingerprint density at radius 2 is 2.11 bits per heavy atom. The van der Waals surface area contributed by atoms with Gasteiger partial charge in [0.25, 0.3) is 0 Å². The van der Waals surface area contributed by atoms with E-state index in [1.54, 1.807) is 0 Å². The predicted molar refractivity (Wildman–Crippen MR) is 76.1 cm³/mol. The predicted octanol–water partition coefficient (Wildman–Crippen LogP) is 3.92. The first kappa shape index (κ1) is 12.0. The van der Waals surface area contributed by atoms with Crippen molar-refractivity contribution in [3.05, 3.63) is 51.8 Å². The standard InChI is InChI=1S/C15H16BrNO/c1-10-9-11-13(7-4-8-15(11)18)17(10)14-6-3-2-5-12(14)16/h2-3,5-6,9,15,18H,4,7-8H2,1H3. The van der Waals surface area contributed by atoms with Gasteiger partial charge in [0.1, 0.15) is 0 Å². The van der Waals surface area contributed by atoms with Crippen LogP contribution in [0.1, 0.15) is 35.9 Å². The van der Waals surface area contributed by atoms with E-state index in [0.717, 1.165) is 35.0 Å². The molecule has 94 valence electrons. The molecular weight excluding hydrogens is 290 g/mol. The molecule has 2 aromatic rings. The maximum absolute atomic E-state index is 10.1. The first-order valence-corrected chi connectivity index (χ1v) is 7.12. The minimum Gasteiger partial charge on any atom is -0.388 e. The van der Waals surface area contributed by atoms with Crippen LogP contribution in [0.2, 0.25) is 0 Å². The third kappa shape index (κ3) is 1.82. The van der Waals surface area contributed by atoms with E-state index in [9.17, 15) is 5.11 Å². The number of hydrogen-bond acceptors (Lipinski definition) is 1. The van der Waals surface area contributed by atoms with Crippen molar-refractivity contribution >= 4 is 15.9 Å². The normalized spacial score (nSPS) is 18.7. The van der Waals surface area contributed by atoms with Gasteiger partial charge in [-0.3, -0.25) is 0 Å². The number of aryl methyl sites for hydroxylation is 1. The van der Waals surface area contributed by atoms with Gasteiger partial charge < -0.3 is 9.67 Å². The number of benzene rings is 1. The Hall–Kier alpha value is -1.06.